The summed E-state index contributed by atoms with van der Waals surface area (Å²) in [6.45, 7) is 8.81. The Morgan fingerprint density at radius 1 is 1.07 bits per heavy atom. The Morgan fingerprint density at radius 3 is 2.18 bits per heavy atom. The molecule has 4 nitrogen and oxygen atoms in total. The average molecular weight is 406 g/mol. The second-order valence-corrected chi connectivity index (χ2v) is 7.77. The highest BCUT2D eigenvalue weighted by Crippen LogP contribution is 2.35. The van der Waals surface area contributed by atoms with Crippen LogP contribution in [0.1, 0.15) is 45.0 Å². The summed E-state index contributed by atoms with van der Waals surface area (Å²) in [5.41, 5.74) is -0.623. The minimum absolute atomic E-state index is 0.133. The minimum atomic E-state index is -1.33. The van der Waals surface area contributed by atoms with Crippen molar-refractivity contribution in [2.75, 3.05) is 4.90 Å². The number of ether oxygens (including phenoxy) is 1. The van der Waals surface area contributed by atoms with Crippen LogP contribution in [0.4, 0.5) is 10.1 Å². The maximum Gasteiger partial charge on any atom is 0.332 e. The summed E-state index contributed by atoms with van der Waals surface area (Å²) in [4.78, 5) is 27.9. The molecule has 2 rings (SSSR count). The van der Waals surface area contributed by atoms with Crippen LogP contribution in [0.5, 0.6) is 0 Å². The van der Waals surface area contributed by atoms with E-state index in [2.05, 4.69) is 0 Å². The van der Waals surface area contributed by atoms with Crippen LogP contribution in [0.3, 0.4) is 0 Å². The Hall–Kier alpha value is -2.40. The molecule has 0 bridgehead atoms. The number of hydrogen-bond acceptors (Lipinski definition) is 3. The summed E-state index contributed by atoms with van der Waals surface area (Å²) in [6, 6.07) is 12.6. The average Bonchev–Trinajstić information content (AvgIpc) is 2.64. The molecule has 6 heteroatoms. The zero-order chi connectivity index (χ0) is 21.1. The molecule has 0 radical (unpaired) electrons. The second-order valence-electron chi connectivity index (χ2n) is 7.36. The summed E-state index contributed by atoms with van der Waals surface area (Å²) in [5.74, 6) is -1.84. The highest BCUT2D eigenvalue weighted by Gasteiger charge is 2.47. The predicted octanol–water partition coefficient (Wildman–Crippen LogP) is 5.49. The fourth-order valence-corrected chi connectivity index (χ4v) is 3.02. The summed E-state index contributed by atoms with van der Waals surface area (Å²) in [5, 5.41) is -0.133. The molecular formula is C22H25ClFNO3. The van der Waals surface area contributed by atoms with Crippen molar-refractivity contribution in [3.8, 4) is 0 Å². The topological polar surface area (TPSA) is 46.6 Å². The molecule has 0 heterocycles. The van der Waals surface area contributed by atoms with Gasteiger partial charge in [0.1, 0.15) is 11.4 Å². The van der Waals surface area contributed by atoms with Crippen LogP contribution in [0.15, 0.2) is 48.5 Å². The highest BCUT2D eigenvalue weighted by atomic mass is 35.5. The van der Waals surface area contributed by atoms with E-state index in [0.29, 0.717) is 11.3 Å². The van der Waals surface area contributed by atoms with Gasteiger partial charge < -0.3 is 4.74 Å². The summed E-state index contributed by atoms with van der Waals surface area (Å²) in [7, 11) is 0. The molecule has 2 aromatic carbocycles. The van der Waals surface area contributed by atoms with E-state index < -0.39 is 23.2 Å². The van der Waals surface area contributed by atoms with Gasteiger partial charge in [-0.2, -0.15) is 0 Å². The van der Waals surface area contributed by atoms with Gasteiger partial charge >= 0.3 is 5.97 Å². The third-order valence-electron chi connectivity index (χ3n) is 4.73. The first-order valence-electron chi connectivity index (χ1n) is 9.14. The molecule has 0 aliphatic carbocycles. The second kappa shape index (κ2) is 8.74. The highest BCUT2D eigenvalue weighted by molar-refractivity contribution is 6.31. The van der Waals surface area contributed by atoms with Crippen molar-refractivity contribution in [3.05, 3.63) is 64.9 Å². The van der Waals surface area contributed by atoms with E-state index >= 15 is 0 Å². The van der Waals surface area contributed by atoms with Crippen molar-refractivity contribution in [3.63, 3.8) is 0 Å². The maximum absolute atomic E-state index is 13.7. The number of hydrogen-bond donors (Lipinski definition) is 0. The fraction of sp³-hybridized carbons (Fsp3) is 0.364. The van der Waals surface area contributed by atoms with Gasteiger partial charge in [-0.15, -0.1) is 0 Å². The minimum Gasteiger partial charge on any atom is -0.461 e. The van der Waals surface area contributed by atoms with Crippen LogP contribution in [-0.2, 0) is 9.53 Å². The van der Waals surface area contributed by atoms with Crippen molar-refractivity contribution < 1.29 is 18.7 Å². The normalized spacial score (nSPS) is 13.3. The molecule has 150 valence electrons. The lowest BCUT2D eigenvalue weighted by molar-refractivity contribution is -0.155. The lowest BCUT2D eigenvalue weighted by atomic mass is 9.85. The molecule has 0 fully saturated rings. The summed E-state index contributed by atoms with van der Waals surface area (Å²) < 4.78 is 19.2. The number of anilines is 1. The number of halogens is 2. The molecule has 28 heavy (non-hydrogen) atoms. The van der Waals surface area contributed by atoms with E-state index in [-0.39, 0.29) is 17.0 Å². The van der Waals surface area contributed by atoms with Gasteiger partial charge in [0.05, 0.1) is 11.1 Å². The van der Waals surface area contributed by atoms with E-state index in [1.165, 1.54) is 23.1 Å². The largest absolute Gasteiger partial charge is 0.461 e. The number of benzene rings is 2. The molecule has 0 saturated heterocycles. The molecule has 0 aromatic heterocycles. The van der Waals surface area contributed by atoms with Crippen molar-refractivity contribution >= 4 is 29.2 Å². The number of rotatable bonds is 6. The molecule has 2 aromatic rings. The number of nitrogens with zero attached hydrogens (tertiary/aromatic N) is 1. The Labute approximate surface area is 170 Å². The SMILES string of the molecule is CC(C)OC(=O)C(C)(C(C)C)N(C(=O)c1ccccc1)c1ccc(F)c(Cl)c1. The maximum atomic E-state index is 13.7. The van der Waals surface area contributed by atoms with Gasteiger partial charge in [-0.05, 0) is 57.0 Å². The quantitative estimate of drug-likeness (QED) is 0.597. The van der Waals surface area contributed by atoms with Crippen LogP contribution < -0.4 is 4.90 Å². The molecule has 0 aliphatic heterocycles. The molecule has 1 amide bonds. The zero-order valence-corrected chi connectivity index (χ0v) is 17.5. The molecule has 1 unspecified atom stereocenters. The van der Waals surface area contributed by atoms with Crippen LogP contribution in [0.2, 0.25) is 5.02 Å². The van der Waals surface area contributed by atoms with Gasteiger partial charge in [0, 0.05) is 11.3 Å². The van der Waals surface area contributed by atoms with Crippen LogP contribution in [0, 0.1) is 11.7 Å². The number of carbonyl (C=O) groups is 2. The van der Waals surface area contributed by atoms with Gasteiger partial charge in [0.2, 0.25) is 0 Å². The van der Waals surface area contributed by atoms with E-state index in [9.17, 15) is 14.0 Å². The van der Waals surface area contributed by atoms with Gasteiger partial charge in [-0.1, -0.05) is 43.6 Å². The van der Waals surface area contributed by atoms with Gasteiger partial charge in [-0.3, -0.25) is 9.69 Å². The predicted molar refractivity (Wildman–Crippen MR) is 109 cm³/mol. The molecule has 0 aliphatic rings. The number of carbonyl (C=O) groups excluding carboxylic acids is 2. The van der Waals surface area contributed by atoms with E-state index in [1.54, 1.807) is 51.1 Å². The molecular weight excluding hydrogens is 381 g/mol. The molecule has 0 saturated carbocycles. The summed E-state index contributed by atoms with van der Waals surface area (Å²) in [6.07, 6.45) is -0.351. The number of esters is 1. The first kappa shape index (κ1) is 21.9. The first-order valence-corrected chi connectivity index (χ1v) is 9.52. The first-order chi connectivity index (χ1) is 13.1. The van der Waals surface area contributed by atoms with Gasteiger partial charge in [0.25, 0.3) is 5.91 Å². The van der Waals surface area contributed by atoms with E-state index in [1.807, 2.05) is 13.8 Å². The van der Waals surface area contributed by atoms with Crippen molar-refractivity contribution in [2.24, 2.45) is 5.92 Å². The smallest absolute Gasteiger partial charge is 0.332 e. The van der Waals surface area contributed by atoms with Crippen molar-refractivity contribution in [1.29, 1.82) is 0 Å². The third-order valence-corrected chi connectivity index (χ3v) is 5.02. The van der Waals surface area contributed by atoms with Crippen LogP contribution in [-0.4, -0.2) is 23.5 Å². The molecule has 0 N–H and O–H groups in total. The molecule has 0 spiro atoms. The van der Waals surface area contributed by atoms with Crippen LogP contribution in [0.25, 0.3) is 0 Å². The Morgan fingerprint density at radius 2 is 1.68 bits per heavy atom. The fourth-order valence-electron chi connectivity index (χ4n) is 2.85. The Balaban J connectivity index is 2.69. The van der Waals surface area contributed by atoms with Crippen molar-refractivity contribution in [1.82, 2.24) is 0 Å². The van der Waals surface area contributed by atoms with Crippen molar-refractivity contribution in [2.45, 2.75) is 46.3 Å². The van der Waals surface area contributed by atoms with E-state index in [0.717, 1.165) is 0 Å². The summed E-state index contributed by atoms with van der Waals surface area (Å²) >= 11 is 5.97. The number of amides is 1. The van der Waals surface area contributed by atoms with Gasteiger partial charge in [0.15, 0.2) is 0 Å². The molecule has 1 atom stereocenters. The van der Waals surface area contributed by atoms with Gasteiger partial charge in [-0.25, -0.2) is 9.18 Å². The Bertz CT molecular complexity index is 854. The lowest BCUT2D eigenvalue weighted by Gasteiger charge is -2.42. The zero-order valence-electron chi connectivity index (χ0n) is 16.7. The van der Waals surface area contributed by atoms with Crippen LogP contribution >= 0.6 is 11.6 Å². The third kappa shape index (κ3) is 4.36. The standard InChI is InChI=1S/C22H25ClFNO3/c1-14(2)22(5,21(27)28-15(3)4)25(17-11-12-19(24)18(23)13-17)20(26)16-9-7-6-8-10-16/h6-15H,1-5H3. The monoisotopic (exact) mass is 405 g/mol. The lowest BCUT2D eigenvalue weighted by Crippen LogP contribution is -2.60. The van der Waals surface area contributed by atoms with E-state index in [4.69, 9.17) is 16.3 Å². The Kier molecular flexibility index (Phi) is 6.83.